The van der Waals surface area contributed by atoms with E-state index in [1.165, 1.54) is 0 Å². The van der Waals surface area contributed by atoms with Crippen LogP contribution in [0.15, 0.2) is 0 Å². The molecule has 2 N–H and O–H groups in total. The van der Waals surface area contributed by atoms with E-state index in [1.807, 2.05) is 0 Å². The molecule has 0 amide bonds. The predicted octanol–water partition coefficient (Wildman–Crippen LogP) is 1.55. The summed E-state index contributed by atoms with van der Waals surface area (Å²) >= 11 is 0. The van der Waals surface area contributed by atoms with Crippen LogP contribution < -0.4 is 0 Å². The van der Waals surface area contributed by atoms with Gasteiger partial charge in [0.05, 0.1) is 12.2 Å². The summed E-state index contributed by atoms with van der Waals surface area (Å²) in [6, 6.07) is 0. The molecule has 0 bridgehead atoms. The fourth-order valence-corrected chi connectivity index (χ4v) is 1.82. The Kier molecular flexibility index (Phi) is 3.53. The van der Waals surface area contributed by atoms with Crippen LogP contribution in [-0.4, -0.2) is 22.4 Å². The third kappa shape index (κ3) is 2.46. The fraction of sp³-hybridized carbons (Fsp3) is 1.00. The molecular formula is C10H20O2. The molecule has 0 aromatic rings. The molecule has 2 heteroatoms. The zero-order valence-electron chi connectivity index (χ0n) is 8.03. The Bertz CT molecular complexity index is 104. The van der Waals surface area contributed by atoms with Crippen LogP contribution in [-0.2, 0) is 0 Å². The number of hydrogen-bond acceptors (Lipinski definition) is 2. The summed E-state index contributed by atoms with van der Waals surface area (Å²) in [6.45, 7) is 4.13. The molecule has 0 aromatic carbocycles. The zero-order valence-corrected chi connectivity index (χ0v) is 8.03. The predicted molar refractivity (Wildman–Crippen MR) is 48.8 cm³/mol. The smallest absolute Gasteiger partial charge is 0.0565 e. The van der Waals surface area contributed by atoms with Crippen molar-refractivity contribution >= 4 is 0 Å². The van der Waals surface area contributed by atoms with Gasteiger partial charge in [-0.3, -0.25) is 0 Å². The molecule has 12 heavy (non-hydrogen) atoms. The maximum Gasteiger partial charge on any atom is 0.0565 e. The Morgan fingerprint density at radius 2 is 1.08 bits per heavy atom. The van der Waals surface area contributed by atoms with Gasteiger partial charge in [-0.05, 0) is 37.5 Å². The molecule has 1 saturated carbocycles. The molecule has 0 spiro atoms. The van der Waals surface area contributed by atoms with Crippen molar-refractivity contribution in [2.75, 3.05) is 0 Å². The van der Waals surface area contributed by atoms with Crippen molar-refractivity contribution in [3.8, 4) is 0 Å². The van der Waals surface area contributed by atoms with E-state index in [9.17, 15) is 10.2 Å². The monoisotopic (exact) mass is 172 g/mol. The second kappa shape index (κ2) is 4.24. The van der Waals surface area contributed by atoms with Crippen molar-refractivity contribution in [2.45, 2.75) is 51.7 Å². The molecule has 1 rings (SSSR count). The first-order valence-corrected chi connectivity index (χ1v) is 4.97. The molecule has 0 saturated heterocycles. The third-order valence-electron chi connectivity index (χ3n) is 3.15. The van der Waals surface area contributed by atoms with E-state index in [4.69, 9.17) is 0 Å². The first kappa shape index (κ1) is 10.0. The third-order valence-corrected chi connectivity index (χ3v) is 3.15. The lowest BCUT2D eigenvalue weighted by Crippen LogP contribution is -2.27. The van der Waals surface area contributed by atoms with Gasteiger partial charge in [0.2, 0.25) is 0 Å². The van der Waals surface area contributed by atoms with Gasteiger partial charge in [-0.2, -0.15) is 0 Å². The van der Waals surface area contributed by atoms with E-state index in [0.29, 0.717) is 11.8 Å². The topological polar surface area (TPSA) is 40.5 Å². The maximum atomic E-state index is 9.61. The summed E-state index contributed by atoms with van der Waals surface area (Å²) in [6.07, 6.45) is 3.29. The highest BCUT2D eigenvalue weighted by Gasteiger charge is 2.23. The van der Waals surface area contributed by atoms with E-state index < -0.39 is 0 Å². The highest BCUT2D eigenvalue weighted by atomic mass is 16.3. The molecule has 0 radical (unpaired) electrons. The summed E-state index contributed by atoms with van der Waals surface area (Å²) in [5.41, 5.74) is 0. The molecule has 1 fully saturated rings. The molecule has 0 unspecified atom stereocenters. The van der Waals surface area contributed by atoms with Crippen LogP contribution in [0.3, 0.4) is 0 Å². The van der Waals surface area contributed by atoms with Crippen molar-refractivity contribution in [1.82, 2.24) is 0 Å². The highest BCUT2D eigenvalue weighted by Crippen LogP contribution is 2.25. The molecule has 0 heterocycles. The molecule has 1 aliphatic rings. The second-order valence-electron chi connectivity index (χ2n) is 4.24. The van der Waals surface area contributed by atoms with Crippen molar-refractivity contribution in [1.29, 1.82) is 0 Å². The van der Waals surface area contributed by atoms with Crippen LogP contribution in [0, 0.1) is 11.8 Å². The molecule has 1 aliphatic carbocycles. The van der Waals surface area contributed by atoms with Crippen LogP contribution in [0.4, 0.5) is 0 Å². The highest BCUT2D eigenvalue weighted by molar-refractivity contribution is 4.75. The Morgan fingerprint density at radius 1 is 0.750 bits per heavy atom. The van der Waals surface area contributed by atoms with Crippen LogP contribution >= 0.6 is 0 Å². The minimum atomic E-state index is -0.153. The van der Waals surface area contributed by atoms with Crippen LogP contribution in [0.5, 0.6) is 0 Å². The normalized spacial score (nSPS) is 45.0. The number of aliphatic hydroxyl groups excluding tert-OH is 2. The lowest BCUT2D eigenvalue weighted by molar-refractivity contribution is 0.0348. The molecule has 0 aliphatic heterocycles. The van der Waals surface area contributed by atoms with Crippen molar-refractivity contribution in [2.24, 2.45) is 11.8 Å². The Labute approximate surface area is 74.6 Å². The molecule has 0 aromatic heterocycles. The Hall–Kier alpha value is -0.0800. The van der Waals surface area contributed by atoms with Gasteiger partial charge in [0, 0.05) is 0 Å². The summed E-state index contributed by atoms with van der Waals surface area (Å²) in [5, 5.41) is 19.2. The molecule has 2 nitrogen and oxygen atoms in total. The molecular weight excluding hydrogens is 152 g/mol. The van der Waals surface area contributed by atoms with Crippen LogP contribution in [0.25, 0.3) is 0 Å². The van der Waals surface area contributed by atoms with Gasteiger partial charge in [-0.25, -0.2) is 0 Å². The van der Waals surface area contributed by atoms with Gasteiger partial charge in [-0.15, -0.1) is 0 Å². The van der Waals surface area contributed by atoms with Crippen molar-refractivity contribution in [3.05, 3.63) is 0 Å². The number of rotatable bonds is 0. The largest absolute Gasteiger partial charge is 0.393 e. The maximum absolute atomic E-state index is 9.61. The minimum Gasteiger partial charge on any atom is -0.393 e. The fourth-order valence-electron chi connectivity index (χ4n) is 1.82. The van der Waals surface area contributed by atoms with Crippen molar-refractivity contribution < 1.29 is 10.2 Å². The van der Waals surface area contributed by atoms with E-state index >= 15 is 0 Å². The average Bonchev–Trinajstić information content (AvgIpc) is 2.07. The summed E-state index contributed by atoms with van der Waals surface area (Å²) in [4.78, 5) is 0. The summed E-state index contributed by atoms with van der Waals surface area (Å²) in [7, 11) is 0. The quantitative estimate of drug-likeness (QED) is 0.582. The van der Waals surface area contributed by atoms with Gasteiger partial charge in [-0.1, -0.05) is 13.8 Å². The SMILES string of the molecule is C[C@@H]1CC[C@H](O)[C@@H](C)CC[C@H]1O. The van der Waals surface area contributed by atoms with Gasteiger partial charge in [0.15, 0.2) is 0 Å². The van der Waals surface area contributed by atoms with Gasteiger partial charge >= 0.3 is 0 Å². The van der Waals surface area contributed by atoms with E-state index in [0.717, 1.165) is 25.7 Å². The second-order valence-corrected chi connectivity index (χ2v) is 4.24. The van der Waals surface area contributed by atoms with E-state index in [-0.39, 0.29) is 12.2 Å². The van der Waals surface area contributed by atoms with E-state index in [2.05, 4.69) is 13.8 Å². The number of aliphatic hydroxyl groups is 2. The standard InChI is InChI=1S/C10H20O2/c1-7-3-5-10(12)8(2)4-6-9(7)11/h7-12H,3-6H2,1-2H3/t7-,8+,9-,10+. The zero-order chi connectivity index (χ0) is 9.14. The van der Waals surface area contributed by atoms with Gasteiger partial charge < -0.3 is 10.2 Å². The Morgan fingerprint density at radius 3 is 1.42 bits per heavy atom. The average molecular weight is 172 g/mol. The summed E-state index contributed by atoms with van der Waals surface area (Å²) in [5.74, 6) is 0.708. The number of hydrogen-bond donors (Lipinski definition) is 2. The van der Waals surface area contributed by atoms with Crippen LogP contribution in [0.2, 0.25) is 0 Å². The first-order valence-electron chi connectivity index (χ1n) is 4.97. The first-order chi connectivity index (χ1) is 5.61. The van der Waals surface area contributed by atoms with Crippen LogP contribution in [0.1, 0.15) is 39.5 Å². The van der Waals surface area contributed by atoms with Crippen molar-refractivity contribution in [3.63, 3.8) is 0 Å². The lowest BCUT2D eigenvalue weighted by atomic mass is 9.84. The summed E-state index contributed by atoms with van der Waals surface area (Å²) < 4.78 is 0. The van der Waals surface area contributed by atoms with E-state index in [1.54, 1.807) is 0 Å². The minimum absolute atomic E-state index is 0.153. The lowest BCUT2D eigenvalue weighted by Gasteiger charge is -2.28. The van der Waals surface area contributed by atoms with Gasteiger partial charge in [0.25, 0.3) is 0 Å². The molecule has 72 valence electrons. The molecule has 4 atom stereocenters. The Balaban J connectivity index is 2.45. The van der Waals surface area contributed by atoms with Gasteiger partial charge in [0.1, 0.15) is 0 Å².